The van der Waals surface area contributed by atoms with Crippen molar-refractivity contribution in [1.29, 1.82) is 0 Å². The molecule has 0 radical (unpaired) electrons. The number of hydrogen-bond acceptors (Lipinski definition) is 1. The van der Waals surface area contributed by atoms with Crippen molar-refractivity contribution in [3.8, 4) is 0 Å². The summed E-state index contributed by atoms with van der Waals surface area (Å²) in [4.78, 5) is 3.66. The molecule has 1 aromatic carbocycles. The van der Waals surface area contributed by atoms with Crippen LogP contribution in [0.3, 0.4) is 0 Å². The van der Waals surface area contributed by atoms with Gasteiger partial charge in [0.2, 0.25) is 5.11 Å². The van der Waals surface area contributed by atoms with Gasteiger partial charge in [-0.05, 0) is 30.4 Å². The van der Waals surface area contributed by atoms with Crippen molar-refractivity contribution in [3.05, 3.63) is 27.7 Å². The van der Waals surface area contributed by atoms with Crippen molar-refractivity contribution in [2.45, 2.75) is 0 Å². The molecule has 0 unspecified atom stereocenters. The van der Waals surface area contributed by atoms with Crippen LogP contribution in [0.2, 0.25) is 5.02 Å². The van der Waals surface area contributed by atoms with Gasteiger partial charge in [-0.15, -0.1) is 0 Å². The van der Waals surface area contributed by atoms with E-state index >= 15 is 0 Å². The number of halogens is 2. The number of thiocarbonyl (C=S) groups is 1. The second kappa shape index (κ2) is 5.29. The Hall–Kier alpha value is -0.850. The molecule has 1 aromatic rings. The highest BCUT2D eigenvalue weighted by atomic mass is 79.9. The van der Waals surface area contributed by atoms with E-state index in [2.05, 4.69) is 26.2 Å². The maximum atomic E-state index is 5.92. The Morgan fingerprint density at radius 2 is 2.13 bits per heavy atom. The quantitative estimate of drug-likeness (QED) is 0.422. The van der Waals surface area contributed by atoms with Gasteiger partial charge in [-0.3, -0.25) is 0 Å². The predicted octanol–water partition coefficient (Wildman–Crippen LogP) is 2.07. The van der Waals surface area contributed by atoms with Crippen LogP contribution in [0.5, 0.6) is 0 Å². The molecule has 0 atom stereocenters. The molecule has 0 saturated carbocycles. The number of benzene rings is 1. The number of guanidine groups is 1. The van der Waals surface area contributed by atoms with Crippen molar-refractivity contribution in [1.82, 2.24) is 0 Å². The predicted molar refractivity (Wildman–Crippen MR) is 71.2 cm³/mol. The molecule has 5 N–H and O–H groups in total. The van der Waals surface area contributed by atoms with E-state index in [-0.39, 0.29) is 11.1 Å². The lowest BCUT2D eigenvalue weighted by atomic mass is 10.3. The van der Waals surface area contributed by atoms with Crippen molar-refractivity contribution in [2.24, 2.45) is 16.5 Å². The lowest BCUT2D eigenvalue weighted by Crippen LogP contribution is -2.25. The van der Waals surface area contributed by atoms with Gasteiger partial charge in [-0.2, -0.15) is 4.99 Å². The molecule has 0 heterocycles. The Balaban J connectivity index is 2.85. The summed E-state index contributed by atoms with van der Waals surface area (Å²) in [6.07, 6.45) is 0. The third-order valence-electron chi connectivity index (χ3n) is 1.40. The third-order valence-corrected chi connectivity index (χ3v) is 2.42. The van der Waals surface area contributed by atoms with Gasteiger partial charge in [-0.25, -0.2) is 0 Å². The molecule has 0 aliphatic heterocycles. The molecule has 0 fully saturated rings. The summed E-state index contributed by atoms with van der Waals surface area (Å²) in [5, 5.41) is 3.50. The zero-order valence-electron chi connectivity index (χ0n) is 7.50. The number of anilines is 1. The summed E-state index contributed by atoms with van der Waals surface area (Å²) in [7, 11) is 0. The fourth-order valence-electron chi connectivity index (χ4n) is 0.854. The molecule has 0 amide bonds. The van der Waals surface area contributed by atoms with Crippen LogP contribution in [0.4, 0.5) is 5.69 Å². The lowest BCUT2D eigenvalue weighted by molar-refractivity contribution is 1.48. The van der Waals surface area contributed by atoms with E-state index < -0.39 is 0 Å². The first-order valence-electron chi connectivity index (χ1n) is 3.84. The molecule has 0 aromatic heterocycles. The van der Waals surface area contributed by atoms with Gasteiger partial charge in [0.1, 0.15) is 0 Å². The Bertz CT molecular complexity index is 417. The summed E-state index contributed by atoms with van der Waals surface area (Å²) >= 11 is 14.1. The minimum absolute atomic E-state index is 0.0985. The van der Waals surface area contributed by atoms with Gasteiger partial charge in [0.15, 0.2) is 5.96 Å². The van der Waals surface area contributed by atoms with Gasteiger partial charge in [0.25, 0.3) is 0 Å². The van der Waals surface area contributed by atoms with Crippen LogP contribution < -0.4 is 16.8 Å². The number of rotatable bonds is 1. The van der Waals surface area contributed by atoms with Gasteiger partial charge < -0.3 is 16.8 Å². The van der Waals surface area contributed by atoms with E-state index in [0.717, 1.165) is 4.47 Å². The molecule has 1 rings (SSSR count). The van der Waals surface area contributed by atoms with E-state index in [1.54, 1.807) is 12.1 Å². The van der Waals surface area contributed by atoms with Crippen LogP contribution in [-0.2, 0) is 0 Å². The van der Waals surface area contributed by atoms with Crippen LogP contribution >= 0.6 is 39.7 Å². The van der Waals surface area contributed by atoms with Crippen LogP contribution in [0.1, 0.15) is 0 Å². The van der Waals surface area contributed by atoms with Crippen molar-refractivity contribution < 1.29 is 0 Å². The van der Waals surface area contributed by atoms with Crippen molar-refractivity contribution in [2.75, 3.05) is 5.32 Å². The Labute approximate surface area is 106 Å². The van der Waals surface area contributed by atoms with Gasteiger partial charge in [-0.1, -0.05) is 27.5 Å². The summed E-state index contributed by atoms with van der Waals surface area (Å²) in [5.74, 6) is -0.0985. The maximum Gasteiger partial charge on any atom is 0.200 e. The number of nitrogens with zero attached hydrogens (tertiary/aromatic N) is 1. The smallest absolute Gasteiger partial charge is 0.200 e. The van der Waals surface area contributed by atoms with Gasteiger partial charge in [0.05, 0.1) is 10.7 Å². The largest absolute Gasteiger partial charge is 0.370 e. The number of hydrogen-bond donors (Lipinski definition) is 3. The van der Waals surface area contributed by atoms with E-state index in [4.69, 9.17) is 35.3 Å². The summed E-state index contributed by atoms with van der Waals surface area (Å²) in [6.45, 7) is 0. The monoisotopic (exact) mass is 306 g/mol. The number of aliphatic imine (C=N–C) groups is 1. The molecule has 15 heavy (non-hydrogen) atoms. The van der Waals surface area contributed by atoms with Crippen LogP contribution in [0.15, 0.2) is 27.7 Å². The zero-order chi connectivity index (χ0) is 11.4. The molecule has 80 valence electrons. The standard InChI is InChI=1S/C8H8BrClN4S/c9-4-1-2-5(10)6(3-4)13-8(15)14-7(11)12/h1-3H,(H5,11,12,13,14,15). The fraction of sp³-hybridized carbons (Fsp3) is 0. The first-order chi connectivity index (χ1) is 6.99. The molecular formula is C8H8BrClN4S. The minimum atomic E-state index is -0.0985. The van der Waals surface area contributed by atoms with Gasteiger partial charge >= 0.3 is 0 Å². The average molecular weight is 308 g/mol. The molecule has 4 nitrogen and oxygen atoms in total. The summed E-state index contributed by atoms with van der Waals surface area (Å²) < 4.78 is 0.877. The molecule has 0 saturated heterocycles. The number of nitrogens with two attached hydrogens (primary N) is 2. The first-order valence-corrected chi connectivity index (χ1v) is 5.42. The second-order valence-electron chi connectivity index (χ2n) is 2.59. The summed E-state index contributed by atoms with van der Waals surface area (Å²) in [5.41, 5.74) is 11.0. The highest BCUT2D eigenvalue weighted by molar-refractivity contribution is 9.10. The molecule has 0 spiro atoms. The minimum Gasteiger partial charge on any atom is -0.370 e. The highest BCUT2D eigenvalue weighted by Crippen LogP contribution is 2.25. The van der Waals surface area contributed by atoms with E-state index in [0.29, 0.717) is 10.7 Å². The molecule has 7 heteroatoms. The SMILES string of the molecule is NC(N)=NC(=S)Nc1cc(Br)ccc1Cl. The highest BCUT2D eigenvalue weighted by Gasteiger charge is 2.02. The maximum absolute atomic E-state index is 5.92. The molecule has 0 aliphatic carbocycles. The van der Waals surface area contributed by atoms with Crippen molar-refractivity contribution >= 4 is 56.5 Å². The number of nitrogens with one attached hydrogen (secondary N) is 1. The Morgan fingerprint density at radius 1 is 1.47 bits per heavy atom. The first kappa shape index (κ1) is 12.2. The van der Waals surface area contributed by atoms with Crippen LogP contribution in [0.25, 0.3) is 0 Å². The topological polar surface area (TPSA) is 76.4 Å². The average Bonchev–Trinajstić information content (AvgIpc) is 2.10. The fourth-order valence-corrected chi connectivity index (χ4v) is 1.59. The van der Waals surface area contributed by atoms with Crippen molar-refractivity contribution in [3.63, 3.8) is 0 Å². The van der Waals surface area contributed by atoms with E-state index in [1.807, 2.05) is 6.07 Å². The third kappa shape index (κ3) is 4.03. The van der Waals surface area contributed by atoms with Crippen LogP contribution in [0, 0.1) is 0 Å². The van der Waals surface area contributed by atoms with Gasteiger partial charge in [0, 0.05) is 4.47 Å². The lowest BCUT2D eigenvalue weighted by Gasteiger charge is -2.06. The van der Waals surface area contributed by atoms with E-state index in [9.17, 15) is 0 Å². The second-order valence-corrected chi connectivity index (χ2v) is 4.30. The molecule has 0 bridgehead atoms. The molecule has 0 aliphatic rings. The molecular weight excluding hydrogens is 300 g/mol. The van der Waals surface area contributed by atoms with Crippen LogP contribution in [-0.4, -0.2) is 11.1 Å². The summed E-state index contributed by atoms with van der Waals surface area (Å²) in [6, 6.07) is 5.32. The van der Waals surface area contributed by atoms with E-state index in [1.165, 1.54) is 0 Å². The Kier molecular flexibility index (Phi) is 4.31. The normalized spacial score (nSPS) is 9.47. The zero-order valence-corrected chi connectivity index (χ0v) is 10.7. The Morgan fingerprint density at radius 3 is 2.73 bits per heavy atom.